The molecular formula is C14H19NO3. The van der Waals surface area contributed by atoms with E-state index in [0.29, 0.717) is 17.8 Å². The van der Waals surface area contributed by atoms with Crippen LogP contribution in [0.1, 0.15) is 45.4 Å². The fourth-order valence-corrected chi connectivity index (χ4v) is 4.93. The molecule has 0 heterocycles. The van der Waals surface area contributed by atoms with Gasteiger partial charge in [-0.15, -0.1) is 4.91 Å². The molecule has 4 bridgehead atoms. The van der Waals surface area contributed by atoms with Gasteiger partial charge in [0.2, 0.25) is 0 Å². The average molecular weight is 249 g/mol. The molecule has 0 saturated heterocycles. The van der Waals surface area contributed by atoms with E-state index >= 15 is 0 Å². The van der Waals surface area contributed by atoms with E-state index in [1.807, 2.05) is 0 Å². The Morgan fingerprint density at radius 1 is 1.11 bits per heavy atom. The summed E-state index contributed by atoms with van der Waals surface area (Å²) in [6.07, 6.45) is 6.56. The number of hydrogen-bond acceptors (Lipinski definition) is 4. The van der Waals surface area contributed by atoms with Gasteiger partial charge >= 0.3 is 0 Å². The fraction of sp³-hybridized carbons (Fsp3) is 0.786. The summed E-state index contributed by atoms with van der Waals surface area (Å²) < 4.78 is 0. The van der Waals surface area contributed by atoms with Crippen molar-refractivity contribution in [2.24, 2.45) is 28.3 Å². The van der Waals surface area contributed by atoms with E-state index in [2.05, 4.69) is 5.18 Å². The van der Waals surface area contributed by atoms with Crippen molar-refractivity contribution in [2.45, 2.75) is 45.4 Å². The summed E-state index contributed by atoms with van der Waals surface area (Å²) in [5.41, 5.74) is -0.555. The van der Waals surface area contributed by atoms with Gasteiger partial charge in [-0.25, -0.2) is 0 Å². The maximum atomic E-state index is 11.4. The minimum Gasteiger partial charge on any atom is -0.509 e. The summed E-state index contributed by atoms with van der Waals surface area (Å²) in [7, 11) is 0. The van der Waals surface area contributed by atoms with Crippen LogP contribution in [0.15, 0.2) is 16.6 Å². The van der Waals surface area contributed by atoms with Crippen molar-refractivity contribution in [3.8, 4) is 0 Å². The summed E-state index contributed by atoms with van der Waals surface area (Å²) in [4.78, 5) is 22.2. The number of rotatable bonds is 3. The lowest BCUT2D eigenvalue weighted by atomic mass is 9.49. The van der Waals surface area contributed by atoms with Crippen molar-refractivity contribution in [2.75, 3.05) is 0 Å². The third-order valence-corrected chi connectivity index (χ3v) is 5.19. The van der Waals surface area contributed by atoms with E-state index in [1.165, 1.54) is 26.2 Å². The largest absolute Gasteiger partial charge is 0.509 e. The topological polar surface area (TPSA) is 66.7 Å². The number of nitrogens with zero attached hydrogens (tertiary/aromatic N) is 1. The lowest BCUT2D eigenvalue weighted by molar-refractivity contribution is -0.114. The predicted molar refractivity (Wildman–Crippen MR) is 66.7 cm³/mol. The van der Waals surface area contributed by atoms with E-state index < -0.39 is 5.78 Å². The molecule has 0 aromatic rings. The Balaban J connectivity index is 2.00. The van der Waals surface area contributed by atoms with Crippen LogP contribution >= 0.6 is 0 Å². The summed E-state index contributed by atoms with van der Waals surface area (Å²) in [5.74, 6) is 1.57. The second-order valence-electron chi connectivity index (χ2n) is 6.54. The lowest BCUT2D eigenvalue weighted by Crippen LogP contribution is -2.47. The SMILES string of the molecule is CC(=O)/C(N=O)=C(\O)C12CC3CC(CC(C3)C1)C2. The van der Waals surface area contributed by atoms with Crippen LogP contribution < -0.4 is 0 Å². The first kappa shape index (κ1) is 11.9. The van der Waals surface area contributed by atoms with E-state index in [9.17, 15) is 14.8 Å². The van der Waals surface area contributed by atoms with E-state index in [0.717, 1.165) is 19.3 Å². The third kappa shape index (κ3) is 1.62. The van der Waals surface area contributed by atoms with E-state index in [-0.39, 0.29) is 16.9 Å². The van der Waals surface area contributed by atoms with Crippen molar-refractivity contribution in [3.05, 3.63) is 16.4 Å². The zero-order chi connectivity index (χ0) is 12.9. The minimum atomic E-state index is -0.418. The molecule has 4 nitrogen and oxygen atoms in total. The number of aliphatic hydroxyl groups excluding tert-OH is 1. The Kier molecular flexibility index (Phi) is 2.57. The molecule has 98 valence electrons. The van der Waals surface area contributed by atoms with Crippen LogP contribution in [0.5, 0.6) is 0 Å². The van der Waals surface area contributed by atoms with Gasteiger partial charge in [0.1, 0.15) is 5.76 Å². The van der Waals surface area contributed by atoms with Gasteiger partial charge in [-0.1, -0.05) is 0 Å². The van der Waals surface area contributed by atoms with E-state index in [4.69, 9.17) is 0 Å². The first-order valence-electron chi connectivity index (χ1n) is 6.82. The summed E-state index contributed by atoms with van der Waals surface area (Å²) in [6.45, 7) is 1.30. The normalized spacial score (nSPS) is 42.6. The first-order chi connectivity index (χ1) is 8.54. The Hall–Kier alpha value is -1.19. The molecule has 0 amide bonds. The van der Waals surface area contributed by atoms with Gasteiger partial charge in [0.25, 0.3) is 0 Å². The van der Waals surface area contributed by atoms with Crippen LogP contribution in [0.25, 0.3) is 0 Å². The number of hydrogen-bond donors (Lipinski definition) is 1. The quantitative estimate of drug-likeness (QED) is 0.474. The Morgan fingerprint density at radius 2 is 1.56 bits per heavy atom. The van der Waals surface area contributed by atoms with Crippen molar-refractivity contribution in [3.63, 3.8) is 0 Å². The van der Waals surface area contributed by atoms with Gasteiger partial charge in [-0.05, 0) is 61.5 Å². The Labute approximate surface area is 106 Å². The molecule has 0 aliphatic heterocycles. The fourth-order valence-electron chi connectivity index (χ4n) is 4.93. The number of Topliss-reactive ketones (excluding diaryl/α,β-unsaturated/α-hetero) is 1. The number of aliphatic hydroxyl groups is 1. The molecule has 4 rings (SSSR count). The van der Waals surface area contributed by atoms with Crippen LogP contribution in [-0.2, 0) is 4.79 Å². The molecule has 0 radical (unpaired) electrons. The van der Waals surface area contributed by atoms with Crippen LogP contribution in [0.4, 0.5) is 0 Å². The summed E-state index contributed by atoms with van der Waals surface area (Å²) in [5, 5.41) is 13.2. The second kappa shape index (κ2) is 3.90. The standard InChI is InChI=1S/C14H19NO3/c1-8(16)12(15-18)13(17)14-5-9-2-10(6-14)4-11(3-9)7-14/h9-11,17H,2-7H2,1H3/b13-12+. The summed E-state index contributed by atoms with van der Waals surface area (Å²) >= 11 is 0. The maximum Gasteiger partial charge on any atom is 0.188 e. The predicted octanol–water partition coefficient (Wildman–Crippen LogP) is 3.33. The molecule has 18 heavy (non-hydrogen) atoms. The highest BCUT2D eigenvalue weighted by Crippen LogP contribution is 2.62. The third-order valence-electron chi connectivity index (χ3n) is 5.19. The van der Waals surface area contributed by atoms with Gasteiger partial charge in [-0.3, -0.25) is 4.79 Å². The molecule has 4 saturated carbocycles. The minimum absolute atomic E-state index is 0.0101. The lowest BCUT2D eigenvalue weighted by Gasteiger charge is -2.56. The molecule has 0 atom stereocenters. The Morgan fingerprint density at radius 3 is 1.89 bits per heavy atom. The molecule has 4 aliphatic carbocycles. The molecule has 4 heteroatoms. The van der Waals surface area contributed by atoms with Gasteiger partial charge < -0.3 is 5.11 Å². The van der Waals surface area contributed by atoms with Gasteiger partial charge in [0.15, 0.2) is 11.5 Å². The smallest absolute Gasteiger partial charge is 0.188 e. The van der Waals surface area contributed by atoms with Crippen molar-refractivity contribution >= 4 is 5.78 Å². The number of carbonyl (C=O) groups is 1. The number of carbonyl (C=O) groups excluding carboxylic acids is 1. The zero-order valence-electron chi connectivity index (χ0n) is 10.7. The molecule has 4 fully saturated rings. The number of nitroso groups, excluding NO2 is 1. The van der Waals surface area contributed by atoms with Gasteiger partial charge in [0, 0.05) is 12.3 Å². The number of allylic oxidation sites excluding steroid dienone is 2. The highest BCUT2D eigenvalue weighted by molar-refractivity contribution is 5.93. The van der Waals surface area contributed by atoms with Crippen LogP contribution in [0, 0.1) is 28.1 Å². The molecule has 1 N–H and O–H groups in total. The van der Waals surface area contributed by atoms with Gasteiger partial charge in [-0.2, -0.15) is 0 Å². The van der Waals surface area contributed by atoms with Crippen LogP contribution in [0.2, 0.25) is 0 Å². The van der Waals surface area contributed by atoms with Crippen molar-refractivity contribution in [1.29, 1.82) is 0 Å². The average Bonchev–Trinajstić information content (AvgIpc) is 2.27. The zero-order valence-corrected chi connectivity index (χ0v) is 10.7. The van der Waals surface area contributed by atoms with Crippen molar-refractivity contribution < 1.29 is 9.90 Å². The Bertz CT molecular complexity index is 403. The summed E-state index contributed by atoms with van der Waals surface area (Å²) in [6, 6.07) is 0. The monoisotopic (exact) mass is 249 g/mol. The molecule has 0 spiro atoms. The molecule has 0 unspecified atom stereocenters. The molecule has 4 aliphatic rings. The second-order valence-corrected chi connectivity index (χ2v) is 6.54. The van der Waals surface area contributed by atoms with E-state index in [1.54, 1.807) is 0 Å². The van der Waals surface area contributed by atoms with Crippen LogP contribution in [0.3, 0.4) is 0 Å². The highest BCUT2D eigenvalue weighted by Gasteiger charge is 2.54. The highest BCUT2D eigenvalue weighted by atomic mass is 16.3. The maximum absolute atomic E-state index is 11.4. The number of ketones is 1. The van der Waals surface area contributed by atoms with Crippen molar-refractivity contribution in [1.82, 2.24) is 0 Å². The van der Waals surface area contributed by atoms with Gasteiger partial charge in [0.05, 0.1) is 0 Å². The van der Waals surface area contributed by atoms with Crippen LogP contribution in [-0.4, -0.2) is 10.9 Å². The molecule has 0 aromatic heterocycles. The first-order valence-corrected chi connectivity index (χ1v) is 6.82. The molecule has 0 aromatic carbocycles. The molecular weight excluding hydrogens is 230 g/mol.